The van der Waals surface area contributed by atoms with E-state index in [1.807, 2.05) is 6.92 Å². The van der Waals surface area contributed by atoms with Gasteiger partial charge in [0.2, 0.25) is 16.9 Å². The number of benzene rings is 1. The van der Waals surface area contributed by atoms with Gasteiger partial charge < -0.3 is 5.32 Å². The Kier molecular flexibility index (Phi) is 6.46. The molecule has 1 aromatic heterocycles. The minimum atomic E-state index is -0.405. The van der Waals surface area contributed by atoms with Crippen molar-refractivity contribution >= 4 is 51.5 Å². The van der Waals surface area contributed by atoms with Crippen molar-refractivity contribution in [2.45, 2.75) is 55.7 Å². The summed E-state index contributed by atoms with van der Waals surface area (Å²) >= 11 is 2.63. The van der Waals surface area contributed by atoms with Crippen LogP contribution in [-0.2, 0) is 9.59 Å². The minimum Gasteiger partial charge on any atom is -0.325 e. The number of nitrogens with zero attached hydrogens (tertiary/aromatic N) is 3. The zero-order chi connectivity index (χ0) is 20.3. The zero-order valence-electron chi connectivity index (χ0n) is 16.0. The average molecular weight is 419 g/mol. The smallest absolute Gasteiger partial charge is 0.237 e. The second kappa shape index (κ2) is 8.83. The molecule has 28 heavy (non-hydrogen) atoms. The Hall–Kier alpha value is -2.26. The number of ketones is 1. The molecule has 0 bridgehead atoms. The van der Waals surface area contributed by atoms with Gasteiger partial charge in [-0.1, -0.05) is 42.2 Å². The highest BCUT2D eigenvalue weighted by atomic mass is 32.2. The van der Waals surface area contributed by atoms with Crippen LogP contribution in [0.15, 0.2) is 28.6 Å². The van der Waals surface area contributed by atoms with E-state index >= 15 is 0 Å². The molecule has 2 amide bonds. The first-order valence-corrected chi connectivity index (χ1v) is 10.8. The van der Waals surface area contributed by atoms with Crippen LogP contribution in [0.1, 0.15) is 50.4 Å². The number of aromatic nitrogens is 2. The lowest BCUT2D eigenvalue weighted by Gasteiger charge is -2.17. The molecular formula is C19H22N4O3S2. The van der Waals surface area contributed by atoms with E-state index in [9.17, 15) is 14.4 Å². The molecule has 0 spiro atoms. The highest BCUT2D eigenvalue weighted by molar-refractivity contribution is 8.02. The number of hydrogen-bond donors (Lipinski definition) is 1. The average Bonchev–Trinajstić information content (AvgIpc) is 3.40. The molecule has 0 unspecified atom stereocenters. The van der Waals surface area contributed by atoms with Gasteiger partial charge in [-0.2, -0.15) is 0 Å². The number of carbonyl (C=O) groups excluding carboxylic acids is 3. The van der Waals surface area contributed by atoms with Gasteiger partial charge in [-0.15, -0.1) is 10.2 Å². The molecule has 0 saturated heterocycles. The minimum absolute atomic E-state index is 0.0475. The third-order valence-electron chi connectivity index (χ3n) is 4.27. The number of nitrogens with one attached hydrogen (secondary N) is 1. The summed E-state index contributed by atoms with van der Waals surface area (Å²) < 4.78 is 0.643. The second-order valence-electron chi connectivity index (χ2n) is 6.59. The zero-order valence-corrected chi connectivity index (χ0v) is 17.6. The van der Waals surface area contributed by atoms with Crippen LogP contribution in [0.25, 0.3) is 0 Å². The molecule has 0 aliphatic heterocycles. The van der Waals surface area contributed by atoms with Gasteiger partial charge in [0, 0.05) is 23.7 Å². The topological polar surface area (TPSA) is 92.3 Å². The maximum atomic E-state index is 12.5. The van der Waals surface area contributed by atoms with Crippen molar-refractivity contribution in [3.63, 3.8) is 0 Å². The lowest BCUT2D eigenvalue weighted by Crippen LogP contribution is -2.32. The van der Waals surface area contributed by atoms with Crippen LogP contribution in [0.4, 0.5) is 10.8 Å². The number of hydrogen-bond acceptors (Lipinski definition) is 7. The maximum absolute atomic E-state index is 12.5. The van der Waals surface area contributed by atoms with Crippen molar-refractivity contribution in [3.8, 4) is 0 Å². The Bertz CT molecular complexity index is 895. The quantitative estimate of drug-likeness (QED) is 0.399. The molecule has 1 saturated carbocycles. The van der Waals surface area contributed by atoms with E-state index in [4.69, 9.17) is 0 Å². The van der Waals surface area contributed by atoms with Gasteiger partial charge in [0.25, 0.3) is 0 Å². The normalized spacial score (nSPS) is 14.4. The third kappa shape index (κ3) is 4.96. The van der Waals surface area contributed by atoms with E-state index in [0.717, 1.165) is 12.8 Å². The van der Waals surface area contributed by atoms with Gasteiger partial charge in [-0.25, -0.2) is 0 Å². The number of amides is 2. The van der Waals surface area contributed by atoms with Gasteiger partial charge in [0.1, 0.15) is 0 Å². The van der Waals surface area contributed by atoms with E-state index in [0.29, 0.717) is 27.1 Å². The van der Waals surface area contributed by atoms with Crippen LogP contribution in [0.3, 0.4) is 0 Å². The molecule has 1 fully saturated rings. The van der Waals surface area contributed by atoms with Crippen molar-refractivity contribution in [1.82, 2.24) is 10.2 Å². The molecule has 7 nitrogen and oxygen atoms in total. The summed E-state index contributed by atoms with van der Waals surface area (Å²) in [5.74, 6) is -0.195. The summed E-state index contributed by atoms with van der Waals surface area (Å²) in [6, 6.07) is 7.08. The largest absolute Gasteiger partial charge is 0.325 e. The van der Waals surface area contributed by atoms with Crippen LogP contribution in [0.2, 0.25) is 0 Å². The van der Waals surface area contributed by atoms with Crippen molar-refractivity contribution < 1.29 is 14.4 Å². The van der Waals surface area contributed by atoms with E-state index in [2.05, 4.69) is 15.5 Å². The second-order valence-corrected chi connectivity index (χ2v) is 9.13. The van der Waals surface area contributed by atoms with Crippen molar-refractivity contribution in [2.75, 3.05) is 10.2 Å². The highest BCUT2D eigenvalue weighted by Gasteiger charge is 2.35. The number of rotatable bonds is 8. The van der Waals surface area contributed by atoms with Crippen LogP contribution in [-0.4, -0.2) is 39.1 Å². The Balaban J connectivity index is 1.63. The summed E-state index contributed by atoms with van der Waals surface area (Å²) in [6.45, 7) is 5.11. The SMILES string of the molecule is CCC(=O)N(c1nnc(S[C@H](C)C(=O)Nc2cccc(C(C)=O)c2)s1)C1CC1. The van der Waals surface area contributed by atoms with Crippen LogP contribution in [0.5, 0.6) is 0 Å². The summed E-state index contributed by atoms with van der Waals surface area (Å²) in [5, 5.41) is 11.3. The first kappa shape index (κ1) is 20.5. The molecule has 3 rings (SSSR count). The van der Waals surface area contributed by atoms with E-state index in [1.165, 1.54) is 30.0 Å². The van der Waals surface area contributed by atoms with Crippen LogP contribution >= 0.6 is 23.1 Å². The molecule has 2 aromatic rings. The first-order valence-electron chi connectivity index (χ1n) is 9.13. The molecule has 1 aliphatic rings. The van der Waals surface area contributed by atoms with E-state index < -0.39 is 5.25 Å². The molecule has 148 valence electrons. The summed E-state index contributed by atoms with van der Waals surface area (Å²) in [5.41, 5.74) is 1.13. The molecule has 1 atom stereocenters. The van der Waals surface area contributed by atoms with Gasteiger partial charge in [-0.3, -0.25) is 19.3 Å². The molecule has 9 heteroatoms. The van der Waals surface area contributed by atoms with Gasteiger partial charge >= 0.3 is 0 Å². The van der Waals surface area contributed by atoms with Crippen molar-refractivity contribution in [1.29, 1.82) is 0 Å². The lowest BCUT2D eigenvalue weighted by molar-refractivity contribution is -0.118. The van der Waals surface area contributed by atoms with Crippen LogP contribution < -0.4 is 10.2 Å². The van der Waals surface area contributed by atoms with Crippen molar-refractivity contribution in [2.24, 2.45) is 0 Å². The molecule has 1 heterocycles. The predicted molar refractivity (Wildman–Crippen MR) is 111 cm³/mol. The molecule has 0 radical (unpaired) electrons. The van der Waals surface area contributed by atoms with Gasteiger partial charge in [0.15, 0.2) is 10.1 Å². The Morgan fingerprint density at radius 1 is 1.32 bits per heavy atom. The molecular weight excluding hydrogens is 396 g/mol. The van der Waals surface area contributed by atoms with E-state index in [-0.39, 0.29) is 23.6 Å². The standard InChI is InChI=1S/C19H22N4O3S2/c1-4-16(25)23(15-8-9-15)18-21-22-19(28-18)27-12(3)17(26)20-14-7-5-6-13(10-14)11(2)24/h5-7,10,12,15H,4,8-9H2,1-3H3,(H,20,26)/t12-/m1/s1. The third-order valence-corrected chi connectivity index (χ3v) is 6.38. The van der Waals surface area contributed by atoms with E-state index in [1.54, 1.807) is 36.1 Å². The van der Waals surface area contributed by atoms with Gasteiger partial charge in [0.05, 0.1) is 5.25 Å². The number of thioether (sulfide) groups is 1. The summed E-state index contributed by atoms with van der Waals surface area (Å²) in [6.07, 6.45) is 2.41. The Morgan fingerprint density at radius 3 is 2.71 bits per heavy atom. The Labute approximate surface area is 171 Å². The lowest BCUT2D eigenvalue weighted by atomic mass is 10.1. The summed E-state index contributed by atoms with van der Waals surface area (Å²) in [4.78, 5) is 37.9. The number of carbonyl (C=O) groups is 3. The molecule has 1 N–H and O–H groups in total. The number of Topliss-reactive ketones (excluding diaryl/α,β-unsaturated/α-hetero) is 1. The highest BCUT2D eigenvalue weighted by Crippen LogP contribution is 2.37. The predicted octanol–water partition coefficient (Wildman–Crippen LogP) is 3.77. The fourth-order valence-electron chi connectivity index (χ4n) is 2.58. The fourth-order valence-corrected chi connectivity index (χ4v) is 4.66. The summed E-state index contributed by atoms with van der Waals surface area (Å²) in [7, 11) is 0. The molecule has 1 aromatic carbocycles. The molecule has 1 aliphatic carbocycles. The van der Waals surface area contributed by atoms with Crippen LogP contribution in [0, 0.1) is 0 Å². The Morgan fingerprint density at radius 2 is 2.07 bits per heavy atom. The monoisotopic (exact) mass is 418 g/mol. The van der Waals surface area contributed by atoms with Gasteiger partial charge in [-0.05, 0) is 38.8 Å². The van der Waals surface area contributed by atoms with Crippen molar-refractivity contribution in [3.05, 3.63) is 29.8 Å². The fraction of sp³-hybridized carbons (Fsp3) is 0.421. The maximum Gasteiger partial charge on any atom is 0.237 e. The first-order chi connectivity index (χ1) is 13.4. The number of anilines is 2.